The largest absolute Gasteiger partial charge is 0.375 e. The third-order valence-electron chi connectivity index (χ3n) is 2.98. The van der Waals surface area contributed by atoms with Gasteiger partial charge in [0.1, 0.15) is 6.04 Å². The molecule has 1 aromatic carbocycles. The summed E-state index contributed by atoms with van der Waals surface area (Å²) in [6, 6.07) is 8.90. The average Bonchev–Trinajstić information content (AvgIpc) is 2.38. The fourth-order valence-electron chi connectivity index (χ4n) is 2.02. The molecule has 1 saturated heterocycles. The Bertz CT molecular complexity index is 380. The van der Waals surface area contributed by atoms with Crippen LogP contribution in [0.25, 0.3) is 0 Å². The smallest absolute Gasteiger partial charge is 0.244 e. The first-order chi connectivity index (χ1) is 8.18. The molecule has 2 atom stereocenters. The van der Waals surface area contributed by atoms with Gasteiger partial charge in [0, 0.05) is 13.1 Å². The predicted octanol–water partition coefficient (Wildman–Crippen LogP) is 0.934. The number of rotatable bonds is 2. The van der Waals surface area contributed by atoms with Crippen LogP contribution in [-0.2, 0) is 9.53 Å². The van der Waals surface area contributed by atoms with E-state index in [0.29, 0.717) is 19.7 Å². The first-order valence-electron chi connectivity index (χ1n) is 5.89. The molecule has 1 heterocycles. The van der Waals surface area contributed by atoms with Gasteiger partial charge in [0.05, 0.1) is 12.7 Å². The van der Waals surface area contributed by atoms with Crippen LogP contribution in [0, 0.1) is 0 Å². The number of carbonyl (C=O) groups excluding carboxylic acids is 1. The predicted molar refractivity (Wildman–Crippen MR) is 65.4 cm³/mol. The van der Waals surface area contributed by atoms with Gasteiger partial charge in [0.2, 0.25) is 5.91 Å². The zero-order valence-corrected chi connectivity index (χ0v) is 10.0. The van der Waals surface area contributed by atoms with Crippen molar-refractivity contribution >= 4 is 5.91 Å². The lowest BCUT2D eigenvalue weighted by Gasteiger charge is -2.32. The van der Waals surface area contributed by atoms with Crippen LogP contribution < -0.4 is 5.73 Å². The molecule has 1 amide bonds. The normalized spacial score (nSPS) is 22.2. The Morgan fingerprint density at radius 1 is 1.47 bits per heavy atom. The van der Waals surface area contributed by atoms with E-state index >= 15 is 0 Å². The molecular weight excluding hydrogens is 216 g/mol. The van der Waals surface area contributed by atoms with Crippen LogP contribution in [0.1, 0.15) is 18.5 Å². The van der Waals surface area contributed by atoms with E-state index in [2.05, 4.69) is 0 Å². The van der Waals surface area contributed by atoms with Crippen molar-refractivity contribution in [3.63, 3.8) is 0 Å². The highest BCUT2D eigenvalue weighted by molar-refractivity contribution is 5.83. The maximum Gasteiger partial charge on any atom is 0.244 e. The van der Waals surface area contributed by atoms with Crippen molar-refractivity contribution in [3.05, 3.63) is 35.9 Å². The van der Waals surface area contributed by atoms with E-state index in [1.54, 1.807) is 4.90 Å². The SMILES string of the molecule is CC1CN(C(=O)[C@@H](N)c2ccccc2)CCO1. The van der Waals surface area contributed by atoms with E-state index in [1.165, 1.54) is 0 Å². The Labute approximate surface area is 101 Å². The number of hydrogen-bond acceptors (Lipinski definition) is 3. The molecule has 2 N–H and O–H groups in total. The highest BCUT2D eigenvalue weighted by atomic mass is 16.5. The van der Waals surface area contributed by atoms with Gasteiger partial charge in [-0.1, -0.05) is 30.3 Å². The Hall–Kier alpha value is -1.39. The van der Waals surface area contributed by atoms with Crippen LogP contribution in [0.2, 0.25) is 0 Å². The number of amides is 1. The zero-order valence-electron chi connectivity index (χ0n) is 10.0. The molecule has 0 radical (unpaired) electrons. The first kappa shape index (κ1) is 12.1. The second kappa shape index (κ2) is 5.29. The van der Waals surface area contributed by atoms with Gasteiger partial charge in [0.15, 0.2) is 0 Å². The summed E-state index contributed by atoms with van der Waals surface area (Å²) in [5.41, 5.74) is 6.84. The molecule has 1 aliphatic rings. The molecule has 0 spiro atoms. The number of ether oxygens (including phenoxy) is 1. The number of carbonyl (C=O) groups is 1. The van der Waals surface area contributed by atoms with Gasteiger partial charge in [-0.2, -0.15) is 0 Å². The van der Waals surface area contributed by atoms with Crippen molar-refractivity contribution in [2.75, 3.05) is 19.7 Å². The van der Waals surface area contributed by atoms with E-state index in [1.807, 2.05) is 37.3 Å². The van der Waals surface area contributed by atoms with Crippen LogP contribution in [0.15, 0.2) is 30.3 Å². The van der Waals surface area contributed by atoms with Gasteiger partial charge >= 0.3 is 0 Å². The number of nitrogens with zero attached hydrogens (tertiary/aromatic N) is 1. The monoisotopic (exact) mass is 234 g/mol. The second-order valence-corrected chi connectivity index (χ2v) is 4.35. The van der Waals surface area contributed by atoms with Crippen LogP contribution in [-0.4, -0.2) is 36.6 Å². The van der Waals surface area contributed by atoms with Gasteiger partial charge in [-0.25, -0.2) is 0 Å². The number of nitrogens with two attached hydrogens (primary N) is 1. The van der Waals surface area contributed by atoms with E-state index < -0.39 is 6.04 Å². The summed E-state index contributed by atoms with van der Waals surface area (Å²) in [5.74, 6) is -0.0219. The van der Waals surface area contributed by atoms with Gasteiger partial charge in [0.25, 0.3) is 0 Å². The molecule has 92 valence electrons. The molecule has 0 aliphatic carbocycles. The van der Waals surface area contributed by atoms with Crippen molar-refractivity contribution < 1.29 is 9.53 Å². The summed E-state index contributed by atoms with van der Waals surface area (Å²) in [6.45, 7) is 3.81. The third kappa shape index (κ3) is 2.84. The zero-order chi connectivity index (χ0) is 12.3. The van der Waals surface area contributed by atoms with Crippen LogP contribution in [0.3, 0.4) is 0 Å². The molecule has 1 aromatic rings. The molecule has 4 nitrogen and oxygen atoms in total. The van der Waals surface area contributed by atoms with Crippen molar-refractivity contribution in [2.45, 2.75) is 19.1 Å². The molecule has 4 heteroatoms. The molecule has 0 aromatic heterocycles. The summed E-state index contributed by atoms with van der Waals surface area (Å²) in [4.78, 5) is 14.0. The minimum atomic E-state index is -0.568. The maximum atomic E-state index is 12.2. The van der Waals surface area contributed by atoms with E-state index in [-0.39, 0.29) is 12.0 Å². The quantitative estimate of drug-likeness (QED) is 0.828. The third-order valence-corrected chi connectivity index (χ3v) is 2.98. The molecular formula is C13H18N2O2. The minimum absolute atomic E-state index is 0.0219. The minimum Gasteiger partial charge on any atom is -0.375 e. The van der Waals surface area contributed by atoms with E-state index in [0.717, 1.165) is 5.56 Å². The van der Waals surface area contributed by atoms with Gasteiger partial charge in [-0.05, 0) is 12.5 Å². The highest BCUT2D eigenvalue weighted by Crippen LogP contribution is 2.15. The lowest BCUT2D eigenvalue weighted by atomic mass is 10.1. The molecule has 2 rings (SSSR count). The van der Waals surface area contributed by atoms with Gasteiger partial charge < -0.3 is 15.4 Å². The molecule has 1 aliphatic heterocycles. The summed E-state index contributed by atoms with van der Waals surface area (Å²) < 4.78 is 5.41. The molecule has 1 fully saturated rings. The molecule has 0 saturated carbocycles. The standard InChI is InChI=1S/C13H18N2O2/c1-10-9-15(7-8-17-10)13(16)12(14)11-5-3-2-4-6-11/h2-6,10,12H,7-9,14H2,1H3/t10?,12-/m0/s1. The van der Waals surface area contributed by atoms with Crippen LogP contribution in [0.5, 0.6) is 0 Å². The van der Waals surface area contributed by atoms with Gasteiger partial charge in [-0.3, -0.25) is 4.79 Å². The summed E-state index contributed by atoms with van der Waals surface area (Å²) in [6.07, 6.45) is 0.0932. The summed E-state index contributed by atoms with van der Waals surface area (Å²) in [7, 11) is 0. The second-order valence-electron chi connectivity index (χ2n) is 4.35. The first-order valence-corrected chi connectivity index (χ1v) is 5.89. The van der Waals surface area contributed by atoms with Crippen molar-refractivity contribution in [1.82, 2.24) is 4.90 Å². The molecule has 1 unspecified atom stereocenters. The Morgan fingerprint density at radius 3 is 2.82 bits per heavy atom. The Kier molecular flexibility index (Phi) is 3.76. The summed E-state index contributed by atoms with van der Waals surface area (Å²) in [5, 5.41) is 0. The number of hydrogen-bond donors (Lipinski definition) is 1. The lowest BCUT2D eigenvalue weighted by Crippen LogP contribution is -2.47. The average molecular weight is 234 g/mol. The fraction of sp³-hybridized carbons (Fsp3) is 0.462. The van der Waals surface area contributed by atoms with Crippen LogP contribution in [0.4, 0.5) is 0 Å². The topological polar surface area (TPSA) is 55.6 Å². The van der Waals surface area contributed by atoms with Crippen molar-refractivity contribution in [1.29, 1.82) is 0 Å². The maximum absolute atomic E-state index is 12.2. The van der Waals surface area contributed by atoms with E-state index in [9.17, 15) is 4.79 Å². The molecule has 0 bridgehead atoms. The van der Waals surface area contributed by atoms with Gasteiger partial charge in [-0.15, -0.1) is 0 Å². The van der Waals surface area contributed by atoms with Crippen molar-refractivity contribution in [2.24, 2.45) is 5.73 Å². The van der Waals surface area contributed by atoms with Crippen LogP contribution >= 0.6 is 0 Å². The fourth-order valence-corrected chi connectivity index (χ4v) is 2.02. The highest BCUT2D eigenvalue weighted by Gasteiger charge is 2.26. The van der Waals surface area contributed by atoms with Crippen molar-refractivity contribution in [3.8, 4) is 0 Å². The molecule has 17 heavy (non-hydrogen) atoms. The number of morpholine rings is 1. The lowest BCUT2D eigenvalue weighted by molar-refractivity contribution is -0.139. The Balaban J connectivity index is 2.04. The number of benzene rings is 1. The Morgan fingerprint density at radius 2 is 2.18 bits per heavy atom. The summed E-state index contributed by atoms with van der Waals surface area (Å²) >= 11 is 0. The van der Waals surface area contributed by atoms with E-state index in [4.69, 9.17) is 10.5 Å².